The number of aliphatic hydroxyl groups excluding tert-OH is 2. The Morgan fingerprint density at radius 2 is 1.32 bits per heavy atom. The molecular formula is C25H56N2O8SSi. The Kier molecular flexibility index (Phi) is 19.8. The highest BCUT2D eigenvalue weighted by molar-refractivity contribution is 7.85. The van der Waals surface area contributed by atoms with Crippen LogP contribution in [0.5, 0.6) is 0 Å². The van der Waals surface area contributed by atoms with Crippen LogP contribution in [0.4, 0.5) is 0 Å². The minimum Gasteiger partial charge on any atom is -0.748 e. The Labute approximate surface area is 227 Å². The third-order valence-corrected chi connectivity index (χ3v) is 9.46. The lowest BCUT2D eigenvalue weighted by atomic mass is 10.0. The van der Waals surface area contributed by atoms with Gasteiger partial charge in [-0.1, -0.05) is 52.4 Å². The first kappa shape index (κ1) is 36.8. The number of nitrogens with one attached hydrogen (secondary N) is 1. The summed E-state index contributed by atoms with van der Waals surface area (Å²) >= 11 is 0. The molecule has 0 heterocycles. The van der Waals surface area contributed by atoms with E-state index >= 15 is 0 Å². The fraction of sp³-hybridized carbons (Fsp3) is 1.00. The molecule has 12 heteroatoms. The Morgan fingerprint density at radius 3 is 1.78 bits per heavy atom. The number of hydrogen-bond acceptors (Lipinski definition) is 9. The Balaban J connectivity index is 4.78. The molecule has 0 saturated carbocycles. The molecule has 0 aromatic rings. The van der Waals surface area contributed by atoms with Crippen molar-refractivity contribution >= 4 is 18.9 Å². The van der Waals surface area contributed by atoms with Crippen molar-refractivity contribution in [2.75, 3.05) is 58.8 Å². The fourth-order valence-electron chi connectivity index (χ4n) is 4.45. The Hall–Kier alpha value is -0.153. The van der Waals surface area contributed by atoms with E-state index in [4.69, 9.17) is 4.43 Å². The van der Waals surface area contributed by atoms with Crippen LogP contribution in [-0.2, 0) is 14.5 Å². The van der Waals surface area contributed by atoms with E-state index in [2.05, 4.69) is 26.2 Å². The zero-order valence-electron chi connectivity index (χ0n) is 23.6. The first-order valence-corrected chi connectivity index (χ1v) is 17.8. The second-order valence-electron chi connectivity index (χ2n) is 10.9. The maximum atomic E-state index is 10.8. The SMILES string of the molecule is CCCCCCC[N+](C)(CCCCCCC)CCC[Si](O)(O)OCC(CO)(CO)NCCCS(=O)(=O)[O-]. The lowest BCUT2D eigenvalue weighted by molar-refractivity contribution is -0.910. The van der Waals surface area contributed by atoms with E-state index in [1.54, 1.807) is 0 Å². The molecule has 0 bridgehead atoms. The van der Waals surface area contributed by atoms with Gasteiger partial charge in [0.1, 0.15) is 0 Å². The molecule has 0 aromatic carbocycles. The van der Waals surface area contributed by atoms with Crippen molar-refractivity contribution in [2.45, 2.75) is 102 Å². The van der Waals surface area contributed by atoms with Gasteiger partial charge in [-0.05, 0) is 38.6 Å². The summed E-state index contributed by atoms with van der Waals surface area (Å²) in [5.41, 5.74) is -1.36. The van der Waals surface area contributed by atoms with Crippen molar-refractivity contribution in [3.8, 4) is 0 Å². The van der Waals surface area contributed by atoms with Gasteiger partial charge in [-0.2, -0.15) is 0 Å². The molecule has 5 N–H and O–H groups in total. The molecular weight excluding hydrogens is 516 g/mol. The maximum absolute atomic E-state index is 10.8. The minimum atomic E-state index is -4.36. The molecule has 0 rings (SSSR count). The van der Waals surface area contributed by atoms with Crippen molar-refractivity contribution in [1.29, 1.82) is 0 Å². The molecule has 0 radical (unpaired) electrons. The smallest absolute Gasteiger partial charge is 0.495 e. The van der Waals surface area contributed by atoms with Crippen LogP contribution in [0, 0.1) is 0 Å². The van der Waals surface area contributed by atoms with Crippen LogP contribution in [0.25, 0.3) is 0 Å². The molecule has 0 fully saturated rings. The molecule has 0 spiro atoms. The highest BCUT2D eigenvalue weighted by atomic mass is 32.2. The van der Waals surface area contributed by atoms with Crippen LogP contribution >= 0.6 is 0 Å². The van der Waals surface area contributed by atoms with E-state index in [1.807, 2.05) is 0 Å². The third-order valence-electron chi connectivity index (χ3n) is 7.06. The molecule has 0 aliphatic rings. The summed E-state index contributed by atoms with van der Waals surface area (Å²) in [4.78, 5) is 21.1. The van der Waals surface area contributed by atoms with Crippen molar-refractivity contribution in [1.82, 2.24) is 5.32 Å². The second-order valence-corrected chi connectivity index (χ2v) is 14.7. The zero-order chi connectivity index (χ0) is 28.3. The quantitative estimate of drug-likeness (QED) is 0.0452. The van der Waals surface area contributed by atoms with Crippen LogP contribution in [0.1, 0.15) is 90.9 Å². The van der Waals surface area contributed by atoms with Crippen molar-refractivity contribution < 1.29 is 41.7 Å². The van der Waals surface area contributed by atoms with Gasteiger partial charge in [-0.25, -0.2) is 8.42 Å². The summed E-state index contributed by atoms with van der Waals surface area (Å²) in [6.45, 7) is 5.99. The fourth-order valence-corrected chi connectivity index (χ4v) is 6.22. The summed E-state index contributed by atoms with van der Waals surface area (Å²) < 4.78 is 38.6. The Morgan fingerprint density at radius 1 is 0.838 bits per heavy atom. The van der Waals surface area contributed by atoms with Gasteiger partial charge in [0.05, 0.1) is 62.2 Å². The number of unbranched alkanes of at least 4 members (excludes halogenated alkanes) is 8. The van der Waals surface area contributed by atoms with Gasteiger partial charge >= 0.3 is 8.80 Å². The van der Waals surface area contributed by atoms with Crippen LogP contribution in [0.2, 0.25) is 6.04 Å². The summed E-state index contributed by atoms with van der Waals surface area (Å²) in [6.07, 6.45) is 12.8. The predicted octanol–water partition coefficient (Wildman–Crippen LogP) is 1.95. The minimum absolute atomic E-state index is 0.00178. The average Bonchev–Trinajstić information content (AvgIpc) is 2.83. The molecule has 0 aliphatic heterocycles. The van der Waals surface area contributed by atoms with Gasteiger partial charge in [0.25, 0.3) is 0 Å². The van der Waals surface area contributed by atoms with Crippen LogP contribution in [0.15, 0.2) is 0 Å². The summed E-state index contributed by atoms with van der Waals surface area (Å²) in [5, 5.41) is 22.3. The number of quaternary nitrogens is 1. The highest BCUT2D eigenvalue weighted by Gasteiger charge is 2.38. The number of aliphatic hydroxyl groups is 2. The topological polar surface area (TPSA) is 159 Å². The number of rotatable bonds is 26. The number of hydrogen-bond donors (Lipinski definition) is 5. The van der Waals surface area contributed by atoms with Gasteiger partial charge in [0.2, 0.25) is 0 Å². The van der Waals surface area contributed by atoms with Gasteiger partial charge in [-0.3, -0.25) is 0 Å². The lowest BCUT2D eigenvalue weighted by Gasteiger charge is -2.36. The molecule has 0 saturated heterocycles. The molecule has 37 heavy (non-hydrogen) atoms. The van der Waals surface area contributed by atoms with Crippen molar-refractivity contribution in [3.63, 3.8) is 0 Å². The molecule has 10 nitrogen and oxygen atoms in total. The Bertz CT molecular complexity index is 649. The molecule has 0 aromatic heterocycles. The van der Waals surface area contributed by atoms with Crippen LogP contribution in [-0.4, -0.2) is 110 Å². The monoisotopic (exact) mass is 572 g/mol. The van der Waals surface area contributed by atoms with Crippen molar-refractivity contribution in [3.05, 3.63) is 0 Å². The summed E-state index contributed by atoms with van der Waals surface area (Å²) in [6, 6.07) is 0.119. The second kappa shape index (κ2) is 19.8. The first-order chi connectivity index (χ1) is 17.4. The van der Waals surface area contributed by atoms with E-state index in [0.717, 1.165) is 37.0 Å². The first-order valence-electron chi connectivity index (χ1n) is 14.2. The van der Waals surface area contributed by atoms with Gasteiger partial charge in [0.15, 0.2) is 0 Å². The van der Waals surface area contributed by atoms with E-state index in [1.165, 1.54) is 51.4 Å². The molecule has 0 atom stereocenters. The largest absolute Gasteiger partial charge is 0.748 e. The molecule has 224 valence electrons. The maximum Gasteiger partial charge on any atom is 0.495 e. The molecule has 0 unspecified atom stereocenters. The molecule has 0 aliphatic carbocycles. The zero-order valence-corrected chi connectivity index (χ0v) is 25.4. The standard InChI is InChI=1S/C25H56N2O8SSi/c1-4-6-8-10-12-17-27(3,18-13-11-9-7-5-2)19-15-21-37(33,34)35-24-25(22-28,23-29)26-16-14-20-36(30,31)32/h26,28-29,33-34H,4-24H2,1-3H3. The van der Waals surface area contributed by atoms with Crippen molar-refractivity contribution in [2.24, 2.45) is 0 Å². The van der Waals surface area contributed by atoms with Crippen LogP contribution < -0.4 is 5.32 Å². The molecule has 0 amide bonds. The van der Waals surface area contributed by atoms with Gasteiger partial charge in [0, 0.05) is 18.2 Å². The lowest BCUT2D eigenvalue weighted by Crippen LogP contribution is -2.58. The summed E-state index contributed by atoms with van der Waals surface area (Å²) in [5.74, 6) is -0.569. The summed E-state index contributed by atoms with van der Waals surface area (Å²) in [7, 11) is -6.14. The average molecular weight is 573 g/mol. The van der Waals surface area contributed by atoms with E-state index in [9.17, 15) is 32.8 Å². The van der Waals surface area contributed by atoms with E-state index in [0.29, 0.717) is 6.42 Å². The van der Waals surface area contributed by atoms with Gasteiger partial charge in [-0.15, -0.1) is 0 Å². The number of nitrogens with zero attached hydrogens (tertiary/aromatic N) is 1. The van der Waals surface area contributed by atoms with E-state index in [-0.39, 0.29) is 25.6 Å². The highest BCUT2D eigenvalue weighted by Crippen LogP contribution is 2.18. The van der Waals surface area contributed by atoms with Crippen LogP contribution in [0.3, 0.4) is 0 Å². The predicted molar refractivity (Wildman–Crippen MR) is 148 cm³/mol. The van der Waals surface area contributed by atoms with E-state index < -0.39 is 43.4 Å². The third kappa shape index (κ3) is 19.5. The van der Waals surface area contributed by atoms with Gasteiger partial charge < -0.3 is 38.6 Å². The normalized spacial score (nSPS) is 13.4.